The van der Waals surface area contributed by atoms with Gasteiger partial charge in [-0.15, -0.1) is 0 Å². The van der Waals surface area contributed by atoms with Crippen LogP contribution >= 0.6 is 22.6 Å². The molecule has 6 nitrogen and oxygen atoms in total. The van der Waals surface area contributed by atoms with Gasteiger partial charge in [-0.2, -0.15) is 0 Å². The smallest absolute Gasteiger partial charge is 0.414 e. The summed E-state index contributed by atoms with van der Waals surface area (Å²) < 4.78 is 16.4. The molecule has 20 heavy (non-hydrogen) atoms. The molecule has 1 saturated heterocycles. The van der Waals surface area contributed by atoms with Crippen LogP contribution in [0.15, 0.2) is 41.1 Å². The number of benzene rings is 1. The quantitative estimate of drug-likeness (QED) is 0.757. The number of halogens is 1. The van der Waals surface area contributed by atoms with Gasteiger partial charge in [0.15, 0.2) is 6.10 Å². The van der Waals surface area contributed by atoms with Crippen molar-refractivity contribution in [1.82, 2.24) is 5.16 Å². The molecule has 0 radical (unpaired) electrons. The molecule has 0 spiro atoms. The Hall–Kier alpha value is -1.77. The van der Waals surface area contributed by atoms with Crippen LogP contribution < -0.4 is 9.64 Å². The lowest BCUT2D eigenvalue weighted by molar-refractivity contribution is 0.102. The van der Waals surface area contributed by atoms with Gasteiger partial charge in [0, 0.05) is 15.3 Å². The first-order valence-electron chi connectivity index (χ1n) is 5.99. The first-order valence-corrected chi connectivity index (χ1v) is 7.07. The Morgan fingerprint density at radius 1 is 1.35 bits per heavy atom. The van der Waals surface area contributed by atoms with Crippen LogP contribution in [0, 0.1) is 3.57 Å². The fraction of sp³-hybridized carbons (Fsp3) is 0.231. The predicted molar refractivity (Wildman–Crippen MR) is 78.8 cm³/mol. The van der Waals surface area contributed by atoms with E-state index >= 15 is 0 Å². The summed E-state index contributed by atoms with van der Waals surface area (Å²) in [5.41, 5.74) is 0.819. The van der Waals surface area contributed by atoms with Gasteiger partial charge in [-0.25, -0.2) is 4.79 Å². The van der Waals surface area contributed by atoms with Crippen molar-refractivity contribution in [2.75, 3.05) is 18.1 Å². The molecule has 2 aromatic rings. The van der Waals surface area contributed by atoms with Crippen molar-refractivity contribution in [2.24, 2.45) is 0 Å². The van der Waals surface area contributed by atoms with Crippen molar-refractivity contribution < 1.29 is 18.8 Å². The van der Waals surface area contributed by atoms with E-state index in [0.717, 1.165) is 9.26 Å². The van der Waals surface area contributed by atoms with Crippen LogP contribution in [0.5, 0.6) is 5.88 Å². The average molecular weight is 386 g/mol. The van der Waals surface area contributed by atoms with Crippen LogP contribution in [0.2, 0.25) is 0 Å². The average Bonchev–Trinajstić information content (AvgIpc) is 3.07. The van der Waals surface area contributed by atoms with Gasteiger partial charge < -0.3 is 14.0 Å². The van der Waals surface area contributed by atoms with E-state index in [1.165, 1.54) is 6.26 Å². The molecule has 1 aliphatic rings. The van der Waals surface area contributed by atoms with Crippen LogP contribution in [0.25, 0.3) is 0 Å². The second kappa shape index (κ2) is 5.70. The molecule has 1 amide bonds. The molecule has 3 rings (SSSR count). The highest BCUT2D eigenvalue weighted by molar-refractivity contribution is 14.1. The van der Waals surface area contributed by atoms with Gasteiger partial charge in [-0.1, -0.05) is 0 Å². The Morgan fingerprint density at radius 2 is 2.15 bits per heavy atom. The molecule has 1 aromatic carbocycles. The molecule has 2 heterocycles. The molecule has 7 heteroatoms. The van der Waals surface area contributed by atoms with E-state index in [0.29, 0.717) is 12.4 Å². The van der Waals surface area contributed by atoms with E-state index in [-0.39, 0.29) is 18.8 Å². The van der Waals surface area contributed by atoms with Crippen molar-refractivity contribution in [1.29, 1.82) is 0 Å². The van der Waals surface area contributed by atoms with Crippen LogP contribution in [0.4, 0.5) is 10.5 Å². The minimum absolute atomic E-state index is 0.249. The number of rotatable bonds is 4. The van der Waals surface area contributed by atoms with Crippen molar-refractivity contribution in [3.8, 4) is 5.88 Å². The highest BCUT2D eigenvalue weighted by Gasteiger charge is 2.32. The summed E-state index contributed by atoms with van der Waals surface area (Å²) in [5, 5.41) is 3.63. The summed E-state index contributed by atoms with van der Waals surface area (Å²) in [6.07, 6.45) is 0.742. The standard InChI is InChI=1S/C13H11IN2O4/c14-9-1-3-10(4-2-9)16-7-11(20-13(16)17)8-18-12-5-6-19-15-12/h1-6,11H,7-8H2. The second-order valence-electron chi connectivity index (χ2n) is 4.24. The van der Waals surface area contributed by atoms with Crippen LogP contribution in [-0.2, 0) is 4.74 Å². The SMILES string of the molecule is O=C1OC(COc2ccon2)CN1c1ccc(I)cc1. The summed E-state index contributed by atoms with van der Waals surface area (Å²) in [5.74, 6) is 0.383. The van der Waals surface area contributed by atoms with Crippen LogP contribution in [-0.4, -0.2) is 30.5 Å². The van der Waals surface area contributed by atoms with E-state index in [2.05, 4.69) is 32.3 Å². The second-order valence-corrected chi connectivity index (χ2v) is 5.49. The molecule has 1 atom stereocenters. The lowest BCUT2D eigenvalue weighted by Gasteiger charge is -2.12. The predicted octanol–water partition coefficient (Wildman–Crippen LogP) is 2.68. The van der Waals surface area contributed by atoms with Crippen molar-refractivity contribution in [2.45, 2.75) is 6.10 Å². The number of carbonyl (C=O) groups excluding carboxylic acids is 1. The summed E-state index contributed by atoms with van der Waals surface area (Å²) >= 11 is 2.22. The molecule has 0 N–H and O–H groups in total. The van der Waals surface area contributed by atoms with E-state index in [1.54, 1.807) is 11.0 Å². The van der Waals surface area contributed by atoms with E-state index < -0.39 is 0 Å². The zero-order chi connectivity index (χ0) is 13.9. The van der Waals surface area contributed by atoms with Crippen LogP contribution in [0.3, 0.4) is 0 Å². The fourth-order valence-electron chi connectivity index (χ4n) is 1.89. The number of ether oxygens (including phenoxy) is 2. The summed E-state index contributed by atoms with van der Waals surface area (Å²) in [4.78, 5) is 13.4. The number of anilines is 1. The number of amides is 1. The topological polar surface area (TPSA) is 64.8 Å². The normalized spacial score (nSPS) is 18.1. The molecule has 0 saturated carbocycles. The minimum atomic E-state index is -0.361. The Labute approximate surface area is 128 Å². The lowest BCUT2D eigenvalue weighted by atomic mass is 10.3. The third-order valence-electron chi connectivity index (χ3n) is 2.84. The number of carbonyl (C=O) groups is 1. The molecule has 0 aliphatic carbocycles. The van der Waals surface area contributed by atoms with E-state index in [9.17, 15) is 4.79 Å². The Bertz CT molecular complexity index is 585. The van der Waals surface area contributed by atoms with Crippen molar-refractivity contribution in [3.05, 3.63) is 40.2 Å². The number of hydrogen-bond acceptors (Lipinski definition) is 5. The highest BCUT2D eigenvalue weighted by atomic mass is 127. The van der Waals surface area contributed by atoms with Crippen molar-refractivity contribution in [3.63, 3.8) is 0 Å². The third kappa shape index (κ3) is 2.87. The molecule has 104 valence electrons. The zero-order valence-electron chi connectivity index (χ0n) is 10.4. The maximum absolute atomic E-state index is 11.8. The van der Waals surface area contributed by atoms with Gasteiger partial charge in [-0.3, -0.25) is 4.90 Å². The zero-order valence-corrected chi connectivity index (χ0v) is 12.5. The number of cyclic esters (lactones) is 1. The number of hydrogen-bond donors (Lipinski definition) is 0. The Morgan fingerprint density at radius 3 is 2.85 bits per heavy atom. The monoisotopic (exact) mass is 386 g/mol. The van der Waals surface area contributed by atoms with Gasteiger partial charge in [-0.05, 0) is 52.0 Å². The van der Waals surface area contributed by atoms with Gasteiger partial charge >= 0.3 is 6.09 Å². The van der Waals surface area contributed by atoms with Gasteiger partial charge in [0.25, 0.3) is 5.88 Å². The van der Waals surface area contributed by atoms with Gasteiger partial charge in [0.1, 0.15) is 12.9 Å². The molecule has 1 aliphatic heterocycles. The molecule has 0 bridgehead atoms. The first kappa shape index (κ1) is 13.2. The van der Waals surface area contributed by atoms with Gasteiger partial charge in [0.2, 0.25) is 0 Å². The first-order chi connectivity index (χ1) is 9.72. The summed E-state index contributed by atoms with van der Waals surface area (Å²) in [6.45, 7) is 0.705. The Kier molecular flexibility index (Phi) is 3.77. The van der Waals surface area contributed by atoms with Crippen LogP contribution in [0.1, 0.15) is 0 Å². The maximum atomic E-state index is 11.8. The summed E-state index contributed by atoms with van der Waals surface area (Å²) in [6, 6.07) is 9.28. The third-order valence-corrected chi connectivity index (χ3v) is 3.56. The molecular formula is C13H11IN2O4. The molecule has 1 unspecified atom stereocenters. The van der Waals surface area contributed by atoms with Gasteiger partial charge in [0.05, 0.1) is 6.54 Å². The molecule has 1 aromatic heterocycles. The highest BCUT2D eigenvalue weighted by Crippen LogP contribution is 2.22. The van der Waals surface area contributed by atoms with E-state index in [4.69, 9.17) is 9.47 Å². The van der Waals surface area contributed by atoms with Crippen molar-refractivity contribution >= 4 is 34.4 Å². The number of nitrogens with zero attached hydrogens (tertiary/aromatic N) is 2. The molecule has 1 fully saturated rings. The van der Waals surface area contributed by atoms with E-state index in [1.807, 2.05) is 24.3 Å². The fourth-order valence-corrected chi connectivity index (χ4v) is 2.25. The minimum Gasteiger partial charge on any atom is -0.471 e. The molecular weight excluding hydrogens is 375 g/mol. The Balaban J connectivity index is 1.61. The summed E-state index contributed by atoms with van der Waals surface area (Å²) in [7, 11) is 0. The number of aromatic nitrogens is 1. The largest absolute Gasteiger partial charge is 0.471 e. The maximum Gasteiger partial charge on any atom is 0.414 e. The lowest BCUT2D eigenvalue weighted by Crippen LogP contribution is -2.26.